The van der Waals surface area contributed by atoms with E-state index < -0.39 is 0 Å². The number of carbonyl (C=O) groups is 1. The number of thiazole rings is 1. The highest BCUT2D eigenvalue weighted by molar-refractivity contribution is 7.16. The van der Waals surface area contributed by atoms with Crippen LogP contribution in [0.5, 0.6) is 5.75 Å². The number of nitrogens with one attached hydrogen (secondary N) is 1. The van der Waals surface area contributed by atoms with Gasteiger partial charge in [-0.25, -0.2) is 4.98 Å². The first kappa shape index (κ1) is 22.2. The van der Waals surface area contributed by atoms with Crippen LogP contribution in [0.4, 0.5) is 0 Å². The van der Waals surface area contributed by atoms with Gasteiger partial charge in [0.1, 0.15) is 5.75 Å². The molecule has 0 bridgehead atoms. The number of aromatic nitrogens is 3. The van der Waals surface area contributed by atoms with Crippen molar-refractivity contribution >= 4 is 28.6 Å². The Labute approximate surface area is 194 Å². The number of hydrogen-bond donors (Lipinski definition) is 1. The van der Waals surface area contributed by atoms with Gasteiger partial charge in [0, 0.05) is 35.2 Å². The maximum absolute atomic E-state index is 12.1. The first-order valence-electron chi connectivity index (χ1n) is 10.4. The molecule has 0 aliphatic heterocycles. The highest BCUT2D eigenvalue weighted by Crippen LogP contribution is 2.29. The summed E-state index contributed by atoms with van der Waals surface area (Å²) in [6, 6.07) is 11.7. The average Bonchev–Trinajstić information content (AvgIpc) is 3.55. The van der Waals surface area contributed by atoms with E-state index in [1.54, 1.807) is 29.8 Å². The lowest BCUT2D eigenvalue weighted by molar-refractivity contribution is -0.121. The molecule has 0 aliphatic carbocycles. The smallest absolute Gasteiger partial charge is 0.226 e. The van der Waals surface area contributed by atoms with Gasteiger partial charge >= 0.3 is 0 Å². The zero-order valence-electron chi connectivity index (χ0n) is 18.0. The predicted molar refractivity (Wildman–Crippen MR) is 126 cm³/mol. The molecule has 0 saturated heterocycles. The summed E-state index contributed by atoms with van der Waals surface area (Å²) >= 11 is 3.38. The highest BCUT2D eigenvalue weighted by atomic mass is 32.1. The summed E-state index contributed by atoms with van der Waals surface area (Å²) in [6.07, 6.45) is 2.46. The van der Waals surface area contributed by atoms with Crippen molar-refractivity contribution in [1.29, 1.82) is 0 Å². The van der Waals surface area contributed by atoms with E-state index in [0.29, 0.717) is 37.5 Å². The minimum Gasteiger partial charge on any atom is -0.497 e. The lowest BCUT2D eigenvalue weighted by atomic mass is 10.2. The summed E-state index contributed by atoms with van der Waals surface area (Å²) in [7, 11) is 1.63. The molecule has 0 aliphatic rings. The van der Waals surface area contributed by atoms with Gasteiger partial charge in [-0.05, 0) is 56.2 Å². The van der Waals surface area contributed by atoms with E-state index in [1.165, 1.54) is 9.75 Å². The van der Waals surface area contributed by atoms with Crippen LogP contribution in [0.25, 0.3) is 22.0 Å². The Balaban J connectivity index is 1.17. The maximum Gasteiger partial charge on any atom is 0.226 e. The molecular weight excluding hydrogens is 444 g/mol. The SMILES string of the molecule is COc1ccc(-c2noc(CCCC(=O)NCCc3ccc(-c4csc(C)n4)s3)n2)cc1. The first-order chi connectivity index (χ1) is 15.6. The fourth-order valence-electron chi connectivity index (χ4n) is 3.15. The fraction of sp³-hybridized carbons (Fsp3) is 0.304. The van der Waals surface area contributed by atoms with Crippen LogP contribution in [0.3, 0.4) is 0 Å². The Hall–Kier alpha value is -3.04. The number of aryl methyl sites for hydroxylation is 2. The van der Waals surface area contributed by atoms with Gasteiger partial charge < -0.3 is 14.6 Å². The van der Waals surface area contributed by atoms with Crippen molar-refractivity contribution < 1.29 is 14.1 Å². The van der Waals surface area contributed by atoms with E-state index in [1.807, 2.05) is 31.2 Å². The number of amides is 1. The van der Waals surface area contributed by atoms with E-state index in [9.17, 15) is 4.79 Å². The summed E-state index contributed by atoms with van der Waals surface area (Å²) in [5.41, 5.74) is 1.89. The summed E-state index contributed by atoms with van der Waals surface area (Å²) in [5.74, 6) is 1.88. The number of carbonyl (C=O) groups excluding carboxylic acids is 1. The third-order valence-corrected chi connectivity index (χ3v) is 6.78. The molecule has 4 rings (SSSR count). The van der Waals surface area contributed by atoms with Crippen molar-refractivity contribution in [2.45, 2.75) is 32.6 Å². The molecule has 1 N–H and O–H groups in total. The van der Waals surface area contributed by atoms with Crippen molar-refractivity contribution in [3.8, 4) is 27.7 Å². The standard InChI is InChI=1S/C23H24N4O3S2/c1-15-25-19(14-31-15)20-11-10-18(32-20)12-13-24-21(28)4-3-5-22-26-23(27-30-22)16-6-8-17(29-2)9-7-16/h6-11,14H,3-5,12-13H2,1-2H3,(H,24,28). The average molecular weight is 469 g/mol. The summed E-state index contributed by atoms with van der Waals surface area (Å²) in [4.78, 5) is 23.5. The molecule has 0 radical (unpaired) electrons. The highest BCUT2D eigenvalue weighted by Gasteiger charge is 2.10. The Kier molecular flexibility index (Phi) is 7.28. The topological polar surface area (TPSA) is 90.1 Å². The van der Waals surface area contributed by atoms with Gasteiger partial charge in [0.2, 0.25) is 17.6 Å². The van der Waals surface area contributed by atoms with Gasteiger partial charge in [0.15, 0.2) is 0 Å². The van der Waals surface area contributed by atoms with Crippen molar-refractivity contribution in [3.63, 3.8) is 0 Å². The third kappa shape index (κ3) is 5.80. The van der Waals surface area contributed by atoms with Gasteiger partial charge in [-0.15, -0.1) is 22.7 Å². The van der Waals surface area contributed by atoms with Crippen LogP contribution < -0.4 is 10.1 Å². The van der Waals surface area contributed by atoms with Crippen LogP contribution >= 0.6 is 22.7 Å². The van der Waals surface area contributed by atoms with Gasteiger partial charge in [-0.2, -0.15) is 4.98 Å². The summed E-state index contributed by atoms with van der Waals surface area (Å²) in [6.45, 7) is 2.63. The third-order valence-electron chi connectivity index (χ3n) is 4.84. The quantitative estimate of drug-likeness (QED) is 0.355. The molecule has 7 nitrogen and oxygen atoms in total. The summed E-state index contributed by atoms with van der Waals surface area (Å²) in [5, 5.41) is 10.2. The van der Waals surface area contributed by atoms with Crippen LogP contribution in [-0.4, -0.2) is 34.7 Å². The van der Waals surface area contributed by atoms with Gasteiger partial charge in [0.25, 0.3) is 0 Å². The molecule has 32 heavy (non-hydrogen) atoms. The van der Waals surface area contributed by atoms with Gasteiger partial charge in [-0.1, -0.05) is 5.16 Å². The Morgan fingerprint density at radius 1 is 1.12 bits per heavy atom. The fourth-order valence-corrected chi connectivity index (χ4v) is 4.81. The Morgan fingerprint density at radius 3 is 2.72 bits per heavy atom. The predicted octanol–water partition coefficient (Wildman–Crippen LogP) is 4.92. The van der Waals surface area contributed by atoms with Crippen LogP contribution in [0, 0.1) is 6.92 Å². The number of benzene rings is 1. The number of ether oxygens (including phenoxy) is 1. The second-order valence-corrected chi connectivity index (χ2v) is 9.44. The molecule has 3 aromatic heterocycles. The summed E-state index contributed by atoms with van der Waals surface area (Å²) < 4.78 is 10.5. The van der Waals surface area contributed by atoms with Crippen molar-refractivity contribution in [1.82, 2.24) is 20.4 Å². The molecule has 1 aromatic carbocycles. The van der Waals surface area contributed by atoms with Gasteiger partial charge in [-0.3, -0.25) is 4.79 Å². The lowest BCUT2D eigenvalue weighted by Crippen LogP contribution is -2.25. The molecule has 9 heteroatoms. The van der Waals surface area contributed by atoms with Crippen LogP contribution in [0.15, 0.2) is 46.3 Å². The number of methoxy groups -OCH3 is 1. The molecule has 1 amide bonds. The molecule has 0 atom stereocenters. The largest absolute Gasteiger partial charge is 0.497 e. The lowest BCUT2D eigenvalue weighted by Gasteiger charge is -2.03. The van der Waals surface area contributed by atoms with Crippen molar-refractivity contribution in [3.05, 3.63) is 57.6 Å². The Bertz CT molecular complexity index is 1160. The van der Waals surface area contributed by atoms with E-state index in [2.05, 4.69) is 38.0 Å². The number of thiophene rings is 1. The molecule has 0 fully saturated rings. The second-order valence-electron chi connectivity index (χ2n) is 7.21. The molecule has 0 unspecified atom stereocenters. The molecular formula is C23H24N4O3S2. The number of nitrogens with zero attached hydrogens (tertiary/aromatic N) is 3. The van der Waals surface area contributed by atoms with Crippen LogP contribution in [0.1, 0.15) is 28.6 Å². The van der Waals surface area contributed by atoms with E-state index in [0.717, 1.165) is 28.4 Å². The van der Waals surface area contributed by atoms with Crippen molar-refractivity contribution in [2.75, 3.05) is 13.7 Å². The van der Waals surface area contributed by atoms with Crippen LogP contribution in [0.2, 0.25) is 0 Å². The monoisotopic (exact) mass is 468 g/mol. The van der Waals surface area contributed by atoms with Crippen molar-refractivity contribution in [2.24, 2.45) is 0 Å². The molecule has 3 heterocycles. The van der Waals surface area contributed by atoms with Crippen LogP contribution in [-0.2, 0) is 17.6 Å². The molecule has 4 aromatic rings. The Morgan fingerprint density at radius 2 is 1.97 bits per heavy atom. The van der Waals surface area contributed by atoms with E-state index in [-0.39, 0.29) is 5.91 Å². The molecule has 166 valence electrons. The number of rotatable bonds is 10. The normalized spacial score (nSPS) is 10.9. The zero-order chi connectivity index (χ0) is 22.3. The second kappa shape index (κ2) is 10.5. The first-order valence-corrected chi connectivity index (χ1v) is 12.1. The van der Waals surface area contributed by atoms with Gasteiger partial charge in [0.05, 0.1) is 22.7 Å². The van der Waals surface area contributed by atoms with E-state index >= 15 is 0 Å². The zero-order valence-corrected chi connectivity index (χ0v) is 19.6. The maximum atomic E-state index is 12.1. The molecule has 0 saturated carbocycles. The number of hydrogen-bond acceptors (Lipinski definition) is 8. The minimum absolute atomic E-state index is 0.0341. The molecule has 0 spiro atoms. The van der Waals surface area contributed by atoms with E-state index in [4.69, 9.17) is 9.26 Å². The minimum atomic E-state index is 0.0341.